The summed E-state index contributed by atoms with van der Waals surface area (Å²) in [6.45, 7) is 1.51. The van der Waals surface area contributed by atoms with Crippen molar-refractivity contribution in [2.45, 2.75) is 19.1 Å². The van der Waals surface area contributed by atoms with E-state index in [2.05, 4.69) is 22.3 Å². The Bertz CT molecular complexity index is 724. The van der Waals surface area contributed by atoms with Crippen LogP contribution in [-0.2, 0) is 13.1 Å². The monoisotopic (exact) mass is 363 g/mol. The van der Waals surface area contributed by atoms with E-state index in [1.807, 2.05) is 32.3 Å². The van der Waals surface area contributed by atoms with E-state index < -0.39 is 0 Å². The van der Waals surface area contributed by atoms with E-state index in [1.54, 1.807) is 11.0 Å². The van der Waals surface area contributed by atoms with Gasteiger partial charge in [-0.1, -0.05) is 36.4 Å². The highest BCUT2D eigenvalue weighted by molar-refractivity contribution is 5.85. The third kappa shape index (κ3) is 4.50. The molecular formula is C19H23ClFN3O. The number of fused-ring (bicyclic) bond motifs is 1. The summed E-state index contributed by atoms with van der Waals surface area (Å²) in [5, 5.41) is 3.01. The predicted molar refractivity (Wildman–Crippen MR) is 99.2 cm³/mol. The predicted octanol–water partition coefficient (Wildman–Crippen LogP) is 3.58. The van der Waals surface area contributed by atoms with Gasteiger partial charge in [0.2, 0.25) is 0 Å². The van der Waals surface area contributed by atoms with Crippen LogP contribution in [0.4, 0.5) is 9.18 Å². The number of urea groups is 1. The largest absolute Gasteiger partial charge is 0.336 e. The van der Waals surface area contributed by atoms with Crippen LogP contribution in [0.15, 0.2) is 48.5 Å². The highest BCUT2D eigenvalue weighted by Crippen LogP contribution is 2.23. The molecule has 1 aliphatic heterocycles. The smallest absolute Gasteiger partial charge is 0.318 e. The molecule has 1 N–H and O–H groups in total. The van der Waals surface area contributed by atoms with Crippen molar-refractivity contribution in [2.75, 3.05) is 20.6 Å². The molecule has 3 rings (SSSR count). The maximum atomic E-state index is 13.3. The van der Waals surface area contributed by atoms with Gasteiger partial charge in [0.25, 0.3) is 0 Å². The lowest BCUT2D eigenvalue weighted by Gasteiger charge is -2.26. The van der Waals surface area contributed by atoms with Gasteiger partial charge < -0.3 is 15.1 Å². The van der Waals surface area contributed by atoms with Crippen molar-refractivity contribution in [1.82, 2.24) is 15.1 Å². The Morgan fingerprint density at radius 2 is 1.84 bits per heavy atom. The van der Waals surface area contributed by atoms with Gasteiger partial charge in [-0.15, -0.1) is 12.4 Å². The fourth-order valence-electron chi connectivity index (χ4n) is 3.08. The van der Waals surface area contributed by atoms with E-state index in [1.165, 1.54) is 12.1 Å². The second kappa shape index (κ2) is 8.32. The summed E-state index contributed by atoms with van der Waals surface area (Å²) in [6, 6.07) is 14.8. The van der Waals surface area contributed by atoms with Gasteiger partial charge >= 0.3 is 6.03 Å². The number of nitrogens with zero attached hydrogens (tertiary/aromatic N) is 2. The van der Waals surface area contributed by atoms with Gasteiger partial charge in [0.15, 0.2) is 0 Å². The molecule has 1 atom stereocenters. The Hall–Kier alpha value is -2.11. The van der Waals surface area contributed by atoms with Crippen LogP contribution in [-0.4, -0.2) is 36.5 Å². The quantitative estimate of drug-likeness (QED) is 0.901. The Morgan fingerprint density at radius 3 is 2.52 bits per heavy atom. The number of carbonyl (C=O) groups excluding carboxylic acids is 1. The summed E-state index contributed by atoms with van der Waals surface area (Å²) in [5.74, 6) is -0.257. The highest BCUT2D eigenvalue weighted by Gasteiger charge is 2.24. The summed E-state index contributed by atoms with van der Waals surface area (Å²) in [7, 11) is 4.00. The number of hydrogen-bond donors (Lipinski definition) is 1. The number of hydrogen-bond acceptors (Lipinski definition) is 2. The number of nitrogens with one attached hydrogen (secondary N) is 1. The first-order valence-corrected chi connectivity index (χ1v) is 8.06. The molecule has 134 valence electrons. The van der Waals surface area contributed by atoms with Crippen molar-refractivity contribution in [3.63, 3.8) is 0 Å². The first-order chi connectivity index (χ1) is 11.5. The summed E-state index contributed by atoms with van der Waals surface area (Å²) in [6.07, 6.45) is 0. The normalized spacial score (nSPS) is 14.0. The number of rotatable bonds is 4. The van der Waals surface area contributed by atoms with Crippen molar-refractivity contribution in [3.05, 3.63) is 71.0 Å². The number of amides is 2. The Kier molecular flexibility index (Phi) is 6.39. The van der Waals surface area contributed by atoms with E-state index in [4.69, 9.17) is 0 Å². The molecule has 0 radical (unpaired) electrons. The zero-order valence-corrected chi connectivity index (χ0v) is 15.2. The number of carbonyl (C=O) groups is 1. The van der Waals surface area contributed by atoms with Crippen LogP contribution in [0.3, 0.4) is 0 Å². The molecule has 1 heterocycles. The lowest BCUT2D eigenvalue weighted by Crippen LogP contribution is -2.41. The molecule has 0 saturated heterocycles. The Labute approximate surface area is 154 Å². The molecule has 0 bridgehead atoms. The van der Waals surface area contributed by atoms with E-state index in [9.17, 15) is 9.18 Å². The summed E-state index contributed by atoms with van der Waals surface area (Å²) in [4.78, 5) is 16.3. The minimum atomic E-state index is -0.257. The van der Waals surface area contributed by atoms with E-state index in [0.29, 0.717) is 19.6 Å². The average Bonchev–Trinajstić information content (AvgIpc) is 2.98. The van der Waals surface area contributed by atoms with Crippen LogP contribution in [0.1, 0.15) is 22.7 Å². The van der Waals surface area contributed by atoms with Gasteiger partial charge in [-0.05, 0) is 42.9 Å². The van der Waals surface area contributed by atoms with Crippen molar-refractivity contribution in [3.8, 4) is 0 Å². The molecule has 6 heteroatoms. The minimum Gasteiger partial charge on any atom is -0.336 e. The summed E-state index contributed by atoms with van der Waals surface area (Å²) >= 11 is 0. The van der Waals surface area contributed by atoms with Gasteiger partial charge in [-0.25, -0.2) is 9.18 Å². The van der Waals surface area contributed by atoms with Crippen molar-refractivity contribution in [1.29, 1.82) is 0 Å². The Balaban J connectivity index is 0.00000225. The molecule has 0 spiro atoms. The number of likely N-dealkylation sites (N-methyl/N-ethyl adjacent to an activating group) is 1. The molecule has 2 amide bonds. The second-order valence-electron chi connectivity index (χ2n) is 6.35. The van der Waals surface area contributed by atoms with Crippen LogP contribution in [0.25, 0.3) is 0 Å². The van der Waals surface area contributed by atoms with Gasteiger partial charge in [0, 0.05) is 19.6 Å². The molecule has 4 nitrogen and oxygen atoms in total. The lowest BCUT2D eigenvalue weighted by atomic mass is 10.1. The summed E-state index contributed by atoms with van der Waals surface area (Å²) in [5.41, 5.74) is 3.06. The van der Waals surface area contributed by atoms with Gasteiger partial charge in [0.05, 0.1) is 6.04 Å². The topological polar surface area (TPSA) is 35.6 Å². The standard InChI is InChI=1S/C19H22FN3O.ClH/c1-22(2)18(14-6-4-3-5-7-14)11-21-19(24)23-12-15-8-9-17(20)10-16(15)13-23;/h3-10,18H,11-13H2,1-2H3,(H,21,24);1H. The maximum Gasteiger partial charge on any atom is 0.318 e. The van der Waals surface area contributed by atoms with Crippen molar-refractivity contribution >= 4 is 18.4 Å². The molecule has 0 aromatic heterocycles. The fraction of sp³-hybridized carbons (Fsp3) is 0.316. The average molecular weight is 364 g/mol. The molecule has 0 saturated carbocycles. The van der Waals surface area contributed by atoms with Crippen LogP contribution in [0, 0.1) is 5.82 Å². The summed E-state index contributed by atoms with van der Waals surface area (Å²) < 4.78 is 13.3. The van der Waals surface area contributed by atoms with Crippen molar-refractivity contribution < 1.29 is 9.18 Å². The molecule has 0 aliphatic carbocycles. The zero-order chi connectivity index (χ0) is 17.1. The fourth-order valence-corrected chi connectivity index (χ4v) is 3.08. The molecule has 1 unspecified atom stereocenters. The van der Waals surface area contributed by atoms with Crippen LogP contribution in [0.5, 0.6) is 0 Å². The first-order valence-electron chi connectivity index (χ1n) is 8.06. The van der Waals surface area contributed by atoms with Crippen molar-refractivity contribution in [2.24, 2.45) is 0 Å². The SMILES string of the molecule is CN(C)C(CNC(=O)N1Cc2ccc(F)cc2C1)c1ccccc1.Cl. The zero-order valence-electron chi connectivity index (χ0n) is 14.4. The van der Waals surface area contributed by atoms with E-state index in [-0.39, 0.29) is 30.3 Å². The molecular weight excluding hydrogens is 341 g/mol. The van der Waals surface area contributed by atoms with Crippen LogP contribution >= 0.6 is 12.4 Å². The number of halogens is 2. The minimum absolute atomic E-state index is 0. The van der Waals surface area contributed by atoms with Gasteiger partial charge in [-0.2, -0.15) is 0 Å². The van der Waals surface area contributed by atoms with E-state index in [0.717, 1.165) is 16.7 Å². The molecule has 2 aromatic carbocycles. The number of benzene rings is 2. The third-order valence-corrected chi connectivity index (χ3v) is 4.43. The first kappa shape index (κ1) is 19.2. The molecule has 25 heavy (non-hydrogen) atoms. The molecule has 2 aromatic rings. The highest BCUT2D eigenvalue weighted by atomic mass is 35.5. The lowest BCUT2D eigenvalue weighted by molar-refractivity contribution is 0.193. The van der Waals surface area contributed by atoms with Gasteiger partial charge in [0.1, 0.15) is 5.82 Å². The van der Waals surface area contributed by atoms with Crippen LogP contribution in [0.2, 0.25) is 0 Å². The van der Waals surface area contributed by atoms with E-state index >= 15 is 0 Å². The molecule has 1 aliphatic rings. The van der Waals surface area contributed by atoms with Crippen LogP contribution < -0.4 is 5.32 Å². The maximum absolute atomic E-state index is 13.3. The molecule has 0 fully saturated rings. The third-order valence-electron chi connectivity index (χ3n) is 4.43. The Morgan fingerprint density at radius 1 is 1.16 bits per heavy atom. The van der Waals surface area contributed by atoms with Gasteiger partial charge in [-0.3, -0.25) is 0 Å². The second-order valence-corrected chi connectivity index (χ2v) is 6.35.